The lowest BCUT2D eigenvalue weighted by Gasteiger charge is -2.45. The quantitative estimate of drug-likeness (QED) is 0.152. The summed E-state index contributed by atoms with van der Waals surface area (Å²) in [6.07, 6.45) is 0.332. The van der Waals surface area contributed by atoms with E-state index in [0.717, 1.165) is 46.5 Å². The summed E-state index contributed by atoms with van der Waals surface area (Å²) in [5.41, 5.74) is 4.83. The van der Waals surface area contributed by atoms with Crippen molar-refractivity contribution >= 4 is 17.6 Å². The van der Waals surface area contributed by atoms with Crippen LogP contribution in [0.3, 0.4) is 0 Å². The van der Waals surface area contributed by atoms with Gasteiger partial charge in [-0.1, -0.05) is 110 Å². The highest BCUT2D eigenvalue weighted by Gasteiger charge is 2.41. The first-order valence-electron chi connectivity index (χ1n) is 16.7. The van der Waals surface area contributed by atoms with Crippen molar-refractivity contribution in [3.63, 3.8) is 0 Å². The second kappa shape index (κ2) is 15.6. The maximum atomic E-state index is 12.4. The second-order valence-electron chi connectivity index (χ2n) is 12.9. The van der Waals surface area contributed by atoms with Crippen molar-refractivity contribution in [3.05, 3.63) is 142 Å². The number of nitrogens with zero attached hydrogens (tertiary/aromatic N) is 1. The molecule has 9 heteroatoms. The monoisotopic (exact) mass is 669 g/mol. The first-order chi connectivity index (χ1) is 23.3. The Morgan fingerprint density at radius 2 is 1.40 bits per heavy atom. The van der Waals surface area contributed by atoms with Crippen molar-refractivity contribution in [1.82, 2.24) is 15.5 Å². The van der Waals surface area contributed by atoms with Crippen LogP contribution in [0.5, 0.6) is 0 Å². The molecule has 8 nitrogen and oxygen atoms in total. The highest BCUT2D eigenvalue weighted by Crippen LogP contribution is 2.42. The predicted molar refractivity (Wildman–Crippen MR) is 186 cm³/mol. The van der Waals surface area contributed by atoms with Gasteiger partial charge in [-0.25, -0.2) is 4.79 Å². The van der Waals surface area contributed by atoms with Crippen LogP contribution in [0.15, 0.2) is 103 Å². The Morgan fingerprint density at radius 3 is 2.02 bits per heavy atom. The number of aliphatic hydroxyl groups excluding tert-OH is 1. The molecule has 2 saturated heterocycles. The minimum absolute atomic E-state index is 0.0110. The molecule has 2 amide bonds. The van der Waals surface area contributed by atoms with Gasteiger partial charge in [0.2, 0.25) is 0 Å². The molecule has 0 bridgehead atoms. The Bertz CT molecular complexity index is 1610. The van der Waals surface area contributed by atoms with E-state index in [-0.39, 0.29) is 30.8 Å². The van der Waals surface area contributed by atoms with E-state index >= 15 is 0 Å². The van der Waals surface area contributed by atoms with Crippen LogP contribution in [-0.4, -0.2) is 46.9 Å². The van der Waals surface area contributed by atoms with E-state index in [9.17, 15) is 15.0 Å². The maximum Gasteiger partial charge on any atom is 0.315 e. The number of urea groups is 1. The van der Waals surface area contributed by atoms with E-state index in [4.69, 9.17) is 21.1 Å². The number of benzene rings is 4. The molecule has 0 aromatic heterocycles. The predicted octanol–water partition coefficient (Wildman–Crippen LogP) is 6.61. The summed E-state index contributed by atoms with van der Waals surface area (Å²) in [6, 6.07) is 33.0. The molecule has 48 heavy (non-hydrogen) atoms. The molecule has 2 aliphatic heterocycles. The number of halogens is 1. The van der Waals surface area contributed by atoms with E-state index in [2.05, 4.69) is 22.5 Å². The molecule has 252 valence electrons. The van der Waals surface area contributed by atoms with Gasteiger partial charge in [-0.3, -0.25) is 0 Å². The number of rotatable bonds is 10. The third-order valence-electron chi connectivity index (χ3n) is 9.63. The normalized spacial score (nSPS) is 22.6. The van der Waals surface area contributed by atoms with Crippen LogP contribution in [0.25, 0.3) is 0 Å². The van der Waals surface area contributed by atoms with Gasteiger partial charge < -0.3 is 35.2 Å². The molecule has 0 spiro atoms. The molecule has 4 atom stereocenters. The Labute approximate surface area is 287 Å². The van der Waals surface area contributed by atoms with Crippen LogP contribution in [0.2, 0.25) is 5.02 Å². The molecule has 2 heterocycles. The molecule has 4 aromatic rings. The molecule has 0 aliphatic carbocycles. The number of hydrogen-bond donors (Lipinski definition) is 4. The molecule has 0 saturated carbocycles. The van der Waals surface area contributed by atoms with Crippen molar-refractivity contribution in [3.8, 4) is 0 Å². The van der Waals surface area contributed by atoms with Crippen LogP contribution in [-0.2, 0) is 34.8 Å². The van der Waals surface area contributed by atoms with Gasteiger partial charge in [0.1, 0.15) is 0 Å². The molecule has 4 unspecified atom stereocenters. The maximum absolute atomic E-state index is 12.4. The molecule has 2 aliphatic rings. The summed E-state index contributed by atoms with van der Waals surface area (Å²) in [4.78, 5) is 14.7. The fourth-order valence-corrected chi connectivity index (χ4v) is 6.68. The Morgan fingerprint density at radius 1 is 0.812 bits per heavy atom. The number of carbonyl (C=O) groups is 1. The molecule has 4 N–H and O–H groups in total. The van der Waals surface area contributed by atoms with Crippen LogP contribution in [0.1, 0.15) is 65.5 Å². The second-order valence-corrected chi connectivity index (χ2v) is 13.4. The zero-order valence-corrected chi connectivity index (χ0v) is 28.0. The minimum atomic E-state index is -0.873. The van der Waals surface area contributed by atoms with E-state index in [1.807, 2.05) is 103 Å². The van der Waals surface area contributed by atoms with Gasteiger partial charge in [-0.15, -0.1) is 0 Å². The number of aliphatic hydroxyl groups is 2. The summed E-state index contributed by atoms with van der Waals surface area (Å²) < 4.78 is 13.3. The van der Waals surface area contributed by atoms with Crippen LogP contribution in [0.4, 0.5) is 4.79 Å². The molecule has 0 radical (unpaired) electrons. The van der Waals surface area contributed by atoms with Gasteiger partial charge in [-0.2, -0.15) is 0 Å². The SMILES string of the molecule is CC1C(CN2CCC(O)(c3ccc(Cl)cc3)CC2)OC(c2ccc(CNC(=O)NCc3ccccc3)cc2)OC1c1ccc(CO)cc1. The highest BCUT2D eigenvalue weighted by atomic mass is 35.5. The summed E-state index contributed by atoms with van der Waals surface area (Å²) in [5.74, 6) is 0.0520. The Kier molecular flexibility index (Phi) is 11.1. The molecular weight excluding hydrogens is 626 g/mol. The van der Waals surface area contributed by atoms with Crippen molar-refractivity contribution in [2.24, 2.45) is 5.92 Å². The number of nitrogens with one attached hydrogen (secondary N) is 2. The van der Waals surface area contributed by atoms with Crippen LogP contribution < -0.4 is 10.6 Å². The summed E-state index contributed by atoms with van der Waals surface area (Å²) in [6.45, 7) is 5.21. The van der Waals surface area contributed by atoms with E-state index in [1.165, 1.54) is 0 Å². The number of hydrogen-bond acceptors (Lipinski definition) is 6. The number of amides is 2. The lowest BCUT2D eigenvalue weighted by Crippen LogP contribution is -2.49. The zero-order chi connectivity index (χ0) is 33.5. The largest absolute Gasteiger partial charge is 0.392 e. The topological polar surface area (TPSA) is 103 Å². The van der Waals surface area contributed by atoms with Gasteiger partial charge in [-0.05, 0) is 52.8 Å². The first kappa shape index (κ1) is 34.1. The van der Waals surface area contributed by atoms with E-state index in [0.29, 0.717) is 37.5 Å². The standard InChI is InChI=1S/C39H44ClN3O5/c1-27-35(25-43-21-19-39(46,20-22-43)33-15-17-34(40)18-16-33)47-37(48-36(27)31-11-9-30(26-44)10-12-31)32-13-7-29(8-14-32)24-42-38(45)41-23-28-5-3-2-4-6-28/h2-18,27,35-37,44,46H,19-26H2,1H3,(H2,41,42,45). The Balaban J connectivity index is 1.11. The van der Waals surface area contributed by atoms with Crippen molar-refractivity contribution in [2.75, 3.05) is 19.6 Å². The highest BCUT2D eigenvalue weighted by molar-refractivity contribution is 6.30. The van der Waals surface area contributed by atoms with Gasteiger partial charge >= 0.3 is 6.03 Å². The average molecular weight is 670 g/mol. The number of likely N-dealkylation sites (tertiary alicyclic amines) is 1. The van der Waals surface area contributed by atoms with Gasteiger partial charge in [0, 0.05) is 49.2 Å². The summed E-state index contributed by atoms with van der Waals surface area (Å²) >= 11 is 6.09. The van der Waals surface area contributed by atoms with E-state index < -0.39 is 11.9 Å². The van der Waals surface area contributed by atoms with Crippen molar-refractivity contribution in [2.45, 2.75) is 63.6 Å². The van der Waals surface area contributed by atoms with Crippen molar-refractivity contribution in [1.29, 1.82) is 0 Å². The molecule has 2 fully saturated rings. The third kappa shape index (κ3) is 8.44. The minimum Gasteiger partial charge on any atom is -0.392 e. The smallest absolute Gasteiger partial charge is 0.315 e. The fourth-order valence-electron chi connectivity index (χ4n) is 6.55. The van der Waals surface area contributed by atoms with Gasteiger partial charge in [0.05, 0.1) is 24.4 Å². The lowest BCUT2D eigenvalue weighted by molar-refractivity contribution is -0.277. The average Bonchev–Trinajstić information content (AvgIpc) is 3.12. The van der Waals surface area contributed by atoms with E-state index in [1.54, 1.807) is 0 Å². The molecular formula is C39H44ClN3O5. The first-order valence-corrected chi connectivity index (χ1v) is 17.0. The van der Waals surface area contributed by atoms with Crippen LogP contribution >= 0.6 is 11.6 Å². The fraction of sp³-hybridized carbons (Fsp3) is 0.359. The Hall–Kier alpha value is -3.76. The van der Waals surface area contributed by atoms with Gasteiger partial charge in [0.15, 0.2) is 6.29 Å². The van der Waals surface area contributed by atoms with Crippen molar-refractivity contribution < 1.29 is 24.5 Å². The number of piperidine rings is 1. The van der Waals surface area contributed by atoms with Gasteiger partial charge in [0.25, 0.3) is 0 Å². The number of carbonyl (C=O) groups excluding carboxylic acids is 1. The molecule has 4 aromatic carbocycles. The molecule has 6 rings (SSSR count). The summed E-state index contributed by atoms with van der Waals surface area (Å²) in [5, 5.41) is 27.5. The lowest BCUT2D eigenvalue weighted by atomic mass is 9.84. The summed E-state index contributed by atoms with van der Waals surface area (Å²) in [7, 11) is 0. The zero-order valence-electron chi connectivity index (χ0n) is 27.2. The third-order valence-corrected chi connectivity index (χ3v) is 9.88. The van der Waals surface area contributed by atoms with Crippen LogP contribution in [0, 0.1) is 5.92 Å². The number of ether oxygens (including phenoxy) is 2.